The van der Waals surface area contributed by atoms with Gasteiger partial charge in [0.25, 0.3) is 0 Å². The number of carbonyl (C=O) groups is 1. The number of ether oxygens (including phenoxy) is 2. The fraction of sp³-hybridized carbons (Fsp3) is 0.833. The Balaban J connectivity index is 2.21. The average molecular weight is 162 g/mol. The zero-order valence-electron chi connectivity index (χ0n) is 6.11. The Bertz CT molecular complexity index is 156. The van der Waals surface area contributed by atoms with E-state index in [0.717, 1.165) is 0 Å². The third kappa shape index (κ3) is 2.06. The molecule has 1 atom stereocenters. The molecule has 0 aromatic rings. The van der Waals surface area contributed by atoms with Crippen LogP contribution in [-0.4, -0.2) is 28.4 Å². The molecular formula is C6H10O5. The minimum Gasteiger partial charge on any atom is -0.393 e. The van der Waals surface area contributed by atoms with Crippen molar-refractivity contribution in [2.75, 3.05) is 0 Å². The lowest BCUT2D eigenvalue weighted by molar-refractivity contribution is -0.389. The number of rotatable bonds is 3. The van der Waals surface area contributed by atoms with Crippen LogP contribution in [-0.2, 0) is 9.47 Å². The highest BCUT2D eigenvalue weighted by Gasteiger charge is 2.46. The molecule has 0 spiro atoms. The molecule has 2 N–H and O–H groups in total. The molecule has 0 radical (unpaired) electrons. The van der Waals surface area contributed by atoms with Crippen LogP contribution in [0.3, 0.4) is 0 Å². The van der Waals surface area contributed by atoms with E-state index in [2.05, 4.69) is 9.47 Å². The van der Waals surface area contributed by atoms with Crippen LogP contribution < -0.4 is 0 Å². The SMILES string of the molecule is CC(O)CCC1(O)OC(=O)O1. The molecule has 1 heterocycles. The first-order chi connectivity index (χ1) is 5.02. The number of hydrogen-bond donors (Lipinski definition) is 2. The summed E-state index contributed by atoms with van der Waals surface area (Å²) in [6.07, 6.45) is -1.000. The normalized spacial score (nSPS) is 23.0. The fourth-order valence-corrected chi connectivity index (χ4v) is 0.761. The highest BCUT2D eigenvalue weighted by Crippen LogP contribution is 2.27. The number of hydrogen-bond acceptors (Lipinski definition) is 5. The van der Waals surface area contributed by atoms with Crippen LogP contribution in [0.15, 0.2) is 0 Å². The molecule has 0 aromatic heterocycles. The van der Waals surface area contributed by atoms with Gasteiger partial charge in [-0.25, -0.2) is 4.79 Å². The molecule has 0 saturated carbocycles. The van der Waals surface area contributed by atoms with Crippen LogP contribution in [0.25, 0.3) is 0 Å². The molecular weight excluding hydrogens is 152 g/mol. The Morgan fingerprint density at radius 1 is 1.64 bits per heavy atom. The van der Waals surface area contributed by atoms with Crippen molar-refractivity contribution in [2.45, 2.75) is 31.8 Å². The summed E-state index contributed by atoms with van der Waals surface area (Å²) >= 11 is 0. The van der Waals surface area contributed by atoms with Gasteiger partial charge in [0.1, 0.15) is 0 Å². The van der Waals surface area contributed by atoms with Gasteiger partial charge < -0.3 is 19.7 Å². The Morgan fingerprint density at radius 2 is 2.18 bits per heavy atom. The highest BCUT2D eigenvalue weighted by atomic mass is 17.0. The predicted molar refractivity (Wildman–Crippen MR) is 33.4 cm³/mol. The van der Waals surface area contributed by atoms with Crippen LogP contribution in [0.2, 0.25) is 0 Å². The second kappa shape index (κ2) is 2.67. The largest absolute Gasteiger partial charge is 0.518 e. The first-order valence-corrected chi connectivity index (χ1v) is 3.34. The summed E-state index contributed by atoms with van der Waals surface area (Å²) in [5.74, 6) is -1.78. The van der Waals surface area contributed by atoms with E-state index in [4.69, 9.17) is 10.2 Å². The number of aliphatic hydroxyl groups is 2. The van der Waals surface area contributed by atoms with Gasteiger partial charge in [0.2, 0.25) is 0 Å². The average Bonchev–Trinajstić information content (AvgIpc) is 1.81. The maximum atomic E-state index is 10.1. The van der Waals surface area contributed by atoms with Gasteiger partial charge in [0, 0.05) is 0 Å². The van der Waals surface area contributed by atoms with Crippen molar-refractivity contribution in [3.63, 3.8) is 0 Å². The second-order valence-corrected chi connectivity index (χ2v) is 2.55. The second-order valence-electron chi connectivity index (χ2n) is 2.55. The Labute approximate surface area is 63.5 Å². The van der Waals surface area contributed by atoms with Crippen LogP contribution >= 0.6 is 0 Å². The molecule has 1 aliphatic heterocycles. The number of cyclic esters (lactones) is 2. The van der Waals surface area contributed by atoms with E-state index in [1.807, 2.05) is 0 Å². The van der Waals surface area contributed by atoms with Crippen molar-refractivity contribution in [2.24, 2.45) is 0 Å². The van der Waals surface area contributed by atoms with Gasteiger partial charge in [0.15, 0.2) is 0 Å². The van der Waals surface area contributed by atoms with Crippen LogP contribution in [0.5, 0.6) is 0 Å². The molecule has 0 aliphatic carbocycles. The monoisotopic (exact) mass is 162 g/mol. The summed E-state index contributed by atoms with van der Waals surface area (Å²) in [5.41, 5.74) is 0. The van der Waals surface area contributed by atoms with Gasteiger partial charge in [0.05, 0.1) is 12.5 Å². The first kappa shape index (κ1) is 8.29. The van der Waals surface area contributed by atoms with Gasteiger partial charge in [-0.3, -0.25) is 0 Å². The highest BCUT2D eigenvalue weighted by molar-refractivity contribution is 5.64. The topological polar surface area (TPSA) is 76.0 Å². The predicted octanol–water partition coefficient (Wildman–Crippen LogP) is -0.0397. The summed E-state index contributed by atoms with van der Waals surface area (Å²) < 4.78 is 8.52. The van der Waals surface area contributed by atoms with Gasteiger partial charge in [-0.1, -0.05) is 0 Å². The molecule has 64 valence electrons. The Hall–Kier alpha value is -0.810. The van der Waals surface area contributed by atoms with Gasteiger partial charge in [-0.15, -0.1) is 0 Å². The zero-order valence-corrected chi connectivity index (χ0v) is 6.11. The first-order valence-electron chi connectivity index (χ1n) is 3.34. The van der Waals surface area contributed by atoms with Crippen molar-refractivity contribution in [1.29, 1.82) is 0 Å². The lowest BCUT2D eigenvalue weighted by atomic mass is 10.2. The smallest absolute Gasteiger partial charge is 0.393 e. The van der Waals surface area contributed by atoms with Crippen molar-refractivity contribution < 1.29 is 24.5 Å². The molecule has 5 heteroatoms. The Kier molecular flexibility index (Phi) is 2.01. The fourth-order valence-electron chi connectivity index (χ4n) is 0.761. The summed E-state index contributed by atoms with van der Waals surface area (Å²) in [7, 11) is 0. The zero-order chi connectivity index (χ0) is 8.48. The molecule has 5 nitrogen and oxygen atoms in total. The van der Waals surface area contributed by atoms with Gasteiger partial charge in [-0.2, -0.15) is 0 Å². The third-order valence-corrected chi connectivity index (χ3v) is 1.36. The lowest BCUT2D eigenvalue weighted by Gasteiger charge is -2.33. The van der Waals surface area contributed by atoms with Crippen LogP contribution in [0, 0.1) is 0 Å². The van der Waals surface area contributed by atoms with Crippen molar-refractivity contribution in [3.8, 4) is 0 Å². The van der Waals surface area contributed by atoms with E-state index in [1.54, 1.807) is 6.92 Å². The van der Waals surface area contributed by atoms with E-state index < -0.39 is 18.2 Å². The minimum atomic E-state index is -1.78. The van der Waals surface area contributed by atoms with Gasteiger partial charge >= 0.3 is 12.1 Å². The van der Waals surface area contributed by atoms with Crippen LogP contribution in [0.1, 0.15) is 19.8 Å². The van der Waals surface area contributed by atoms with E-state index in [0.29, 0.717) is 6.42 Å². The maximum Gasteiger partial charge on any atom is 0.518 e. The molecule has 1 fully saturated rings. The van der Waals surface area contributed by atoms with E-state index in [9.17, 15) is 4.79 Å². The molecule has 11 heavy (non-hydrogen) atoms. The molecule has 0 aromatic carbocycles. The molecule has 0 amide bonds. The summed E-state index contributed by atoms with van der Waals surface area (Å²) in [6.45, 7) is 1.57. The summed E-state index contributed by atoms with van der Waals surface area (Å²) in [6, 6.07) is 0. The molecule has 1 unspecified atom stereocenters. The van der Waals surface area contributed by atoms with E-state index in [-0.39, 0.29) is 6.42 Å². The maximum absolute atomic E-state index is 10.1. The number of carbonyl (C=O) groups excluding carboxylic acids is 1. The lowest BCUT2D eigenvalue weighted by Crippen LogP contribution is -2.50. The third-order valence-electron chi connectivity index (χ3n) is 1.36. The van der Waals surface area contributed by atoms with E-state index >= 15 is 0 Å². The van der Waals surface area contributed by atoms with Crippen molar-refractivity contribution in [1.82, 2.24) is 0 Å². The molecule has 0 bridgehead atoms. The quantitative estimate of drug-likeness (QED) is 0.569. The van der Waals surface area contributed by atoms with Gasteiger partial charge in [-0.05, 0) is 13.3 Å². The van der Waals surface area contributed by atoms with Crippen LogP contribution in [0.4, 0.5) is 4.79 Å². The minimum absolute atomic E-state index is 0.0937. The van der Waals surface area contributed by atoms with E-state index in [1.165, 1.54) is 0 Å². The summed E-state index contributed by atoms with van der Waals surface area (Å²) in [4.78, 5) is 10.1. The van der Waals surface area contributed by atoms with Crippen molar-refractivity contribution >= 4 is 6.16 Å². The molecule has 1 aliphatic rings. The Morgan fingerprint density at radius 3 is 2.55 bits per heavy atom. The number of aliphatic hydroxyl groups excluding tert-OH is 1. The summed E-state index contributed by atoms with van der Waals surface area (Å²) in [5, 5.41) is 17.8. The van der Waals surface area contributed by atoms with Crippen molar-refractivity contribution in [3.05, 3.63) is 0 Å². The standard InChI is InChI=1S/C6H10O5/c1-4(7)2-3-6(9)10-5(8)11-6/h4,7,9H,2-3H2,1H3. The molecule has 1 saturated heterocycles. The molecule has 1 rings (SSSR count).